The van der Waals surface area contributed by atoms with Crippen molar-refractivity contribution in [1.82, 2.24) is 9.88 Å². The first-order chi connectivity index (χ1) is 8.58. The lowest BCUT2D eigenvalue weighted by molar-refractivity contribution is -0.127. The number of amides is 1. The Morgan fingerprint density at radius 2 is 2.17 bits per heavy atom. The molecule has 0 aliphatic carbocycles. The summed E-state index contributed by atoms with van der Waals surface area (Å²) in [5.74, 6) is 0.579. The van der Waals surface area contributed by atoms with Crippen LogP contribution in [0.15, 0.2) is 23.4 Å². The SMILES string of the molecule is CCN(CC)C(=O)CSc1cc(C(C)N)ccn1. The summed E-state index contributed by atoms with van der Waals surface area (Å²) >= 11 is 1.46. The van der Waals surface area contributed by atoms with Crippen LogP contribution in [-0.4, -0.2) is 34.6 Å². The monoisotopic (exact) mass is 267 g/mol. The molecule has 0 aromatic carbocycles. The lowest BCUT2D eigenvalue weighted by atomic mass is 10.1. The standard InChI is InChI=1S/C13H21N3OS/c1-4-16(5-2)13(17)9-18-12-8-11(10(3)14)6-7-15-12/h6-8,10H,4-5,9,14H2,1-3H3. The minimum absolute atomic E-state index is 0.00849. The highest BCUT2D eigenvalue weighted by Gasteiger charge is 2.10. The van der Waals surface area contributed by atoms with Gasteiger partial charge in [-0.15, -0.1) is 0 Å². The highest BCUT2D eigenvalue weighted by Crippen LogP contribution is 2.19. The van der Waals surface area contributed by atoms with Crippen LogP contribution in [0.3, 0.4) is 0 Å². The summed E-state index contributed by atoms with van der Waals surface area (Å²) in [5, 5.41) is 0.852. The van der Waals surface area contributed by atoms with E-state index in [0.717, 1.165) is 23.7 Å². The minimum Gasteiger partial charge on any atom is -0.343 e. The highest BCUT2D eigenvalue weighted by molar-refractivity contribution is 7.99. The Kier molecular flexibility index (Phi) is 6.15. The Balaban J connectivity index is 2.58. The molecule has 1 atom stereocenters. The van der Waals surface area contributed by atoms with Gasteiger partial charge >= 0.3 is 0 Å². The molecule has 1 heterocycles. The fraction of sp³-hybridized carbons (Fsp3) is 0.538. The first-order valence-corrected chi connectivity index (χ1v) is 7.19. The number of carbonyl (C=O) groups excluding carboxylic acids is 1. The first-order valence-electron chi connectivity index (χ1n) is 6.20. The van der Waals surface area contributed by atoms with Gasteiger partial charge in [0, 0.05) is 25.3 Å². The molecule has 0 spiro atoms. The molecule has 1 unspecified atom stereocenters. The van der Waals surface area contributed by atoms with Crippen LogP contribution in [0.5, 0.6) is 0 Å². The van der Waals surface area contributed by atoms with Gasteiger partial charge in [0.05, 0.1) is 10.8 Å². The van der Waals surface area contributed by atoms with Crippen molar-refractivity contribution in [3.63, 3.8) is 0 Å². The fourth-order valence-corrected chi connectivity index (χ4v) is 2.40. The van der Waals surface area contributed by atoms with Crippen LogP contribution in [0.2, 0.25) is 0 Å². The summed E-state index contributed by atoms with van der Waals surface area (Å²) in [6, 6.07) is 3.84. The van der Waals surface area contributed by atoms with Crippen molar-refractivity contribution in [3.05, 3.63) is 23.9 Å². The lowest BCUT2D eigenvalue weighted by Crippen LogP contribution is -2.31. The van der Waals surface area contributed by atoms with E-state index in [4.69, 9.17) is 5.73 Å². The van der Waals surface area contributed by atoms with Gasteiger partial charge in [0.1, 0.15) is 0 Å². The van der Waals surface area contributed by atoms with Gasteiger partial charge < -0.3 is 10.6 Å². The molecule has 0 radical (unpaired) electrons. The Labute approximate surface area is 113 Å². The van der Waals surface area contributed by atoms with Crippen LogP contribution in [-0.2, 0) is 4.79 Å². The number of aromatic nitrogens is 1. The van der Waals surface area contributed by atoms with E-state index < -0.39 is 0 Å². The number of carbonyl (C=O) groups is 1. The molecule has 1 aromatic rings. The maximum atomic E-state index is 11.9. The fourth-order valence-electron chi connectivity index (χ4n) is 1.59. The number of thioether (sulfide) groups is 1. The second kappa shape index (κ2) is 7.38. The molecule has 4 nitrogen and oxygen atoms in total. The van der Waals surface area contributed by atoms with Crippen molar-refractivity contribution in [2.45, 2.75) is 31.8 Å². The molecule has 0 saturated carbocycles. The van der Waals surface area contributed by atoms with E-state index in [0.29, 0.717) is 5.75 Å². The van der Waals surface area contributed by atoms with Gasteiger partial charge in [0.15, 0.2) is 0 Å². The predicted molar refractivity (Wildman–Crippen MR) is 75.5 cm³/mol. The normalized spacial score (nSPS) is 12.2. The highest BCUT2D eigenvalue weighted by atomic mass is 32.2. The molecule has 0 fully saturated rings. The third-order valence-corrected chi connectivity index (χ3v) is 3.65. The molecule has 5 heteroatoms. The van der Waals surface area contributed by atoms with E-state index in [9.17, 15) is 4.79 Å². The molecule has 100 valence electrons. The zero-order valence-corrected chi connectivity index (χ0v) is 12.0. The molecule has 0 bridgehead atoms. The maximum absolute atomic E-state index is 11.9. The van der Waals surface area contributed by atoms with E-state index >= 15 is 0 Å². The Hall–Kier alpha value is -1.07. The van der Waals surface area contributed by atoms with E-state index in [1.54, 1.807) is 6.20 Å². The number of rotatable bonds is 6. The van der Waals surface area contributed by atoms with Crippen molar-refractivity contribution in [2.24, 2.45) is 5.73 Å². The van der Waals surface area contributed by atoms with Crippen molar-refractivity contribution >= 4 is 17.7 Å². The first kappa shape index (κ1) is 15.0. The van der Waals surface area contributed by atoms with Crippen LogP contribution in [0.25, 0.3) is 0 Å². The zero-order chi connectivity index (χ0) is 13.5. The molecule has 0 saturated heterocycles. The van der Waals surface area contributed by atoms with Crippen LogP contribution in [0, 0.1) is 0 Å². The average molecular weight is 267 g/mol. The molecular weight excluding hydrogens is 246 g/mol. The molecule has 18 heavy (non-hydrogen) atoms. The summed E-state index contributed by atoms with van der Waals surface area (Å²) in [6.07, 6.45) is 1.74. The van der Waals surface area contributed by atoms with E-state index in [-0.39, 0.29) is 11.9 Å². The van der Waals surface area contributed by atoms with Gasteiger partial charge in [-0.2, -0.15) is 0 Å². The van der Waals surface area contributed by atoms with Gasteiger partial charge in [-0.1, -0.05) is 11.8 Å². The Morgan fingerprint density at radius 3 is 2.72 bits per heavy atom. The molecule has 0 aliphatic heterocycles. The van der Waals surface area contributed by atoms with E-state index in [2.05, 4.69) is 4.98 Å². The molecule has 2 N–H and O–H groups in total. The Bertz CT molecular complexity index is 392. The Morgan fingerprint density at radius 1 is 1.50 bits per heavy atom. The summed E-state index contributed by atoms with van der Waals surface area (Å²) in [7, 11) is 0. The number of nitrogens with two attached hydrogens (primary N) is 1. The third kappa shape index (κ3) is 4.31. The van der Waals surface area contributed by atoms with Crippen molar-refractivity contribution in [3.8, 4) is 0 Å². The predicted octanol–water partition coefficient (Wildman–Crippen LogP) is 2.06. The van der Waals surface area contributed by atoms with Gasteiger partial charge in [-0.25, -0.2) is 4.98 Å². The molecule has 0 aliphatic rings. The van der Waals surface area contributed by atoms with Crippen LogP contribution in [0.4, 0.5) is 0 Å². The van der Waals surface area contributed by atoms with Crippen LogP contribution < -0.4 is 5.73 Å². The number of nitrogens with zero attached hydrogens (tertiary/aromatic N) is 2. The van der Waals surface area contributed by atoms with Gasteiger partial charge in [0.25, 0.3) is 0 Å². The molecular formula is C13H21N3OS. The molecule has 1 rings (SSSR count). The lowest BCUT2D eigenvalue weighted by Gasteiger charge is -2.18. The molecule has 1 aromatic heterocycles. The van der Waals surface area contributed by atoms with Gasteiger partial charge in [0.2, 0.25) is 5.91 Å². The zero-order valence-electron chi connectivity index (χ0n) is 11.2. The van der Waals surface area contributed by atoms with E-state index in [1.165, 1.54) is 11.8 Å². The minimum atomic E-state index is -0.00849. The summed E-state index contributed by atoms with van der Waals surface area (Å²) in [5.41, 5.74) is 6.86. The summed E-state index contributed by atoms with van der Waals surface area (Å²) in [6.45, 7) is 7.42. The number of hydrogen-bond donors (Lipinski definition) is 1. The van der Waals surface area contributed by atoms with E-state index in [1.807, 2.05) is 37.8 Å². The van der Waals surface area contributed by atoms with Gasteiger partial charge in [-0.3, -0.25) is 4.79 Å². The second-order valence-corrected chi connectivity index (χ2v) is 5.07. The molecule has 1 amide bonds. The average Bonchev–Trinajstić information content (AvgIpc) is 2.38. The largest absolute Gasteiger partial charge is 0.343 e. The van der Waals surface area contributed by atoms with Crippen molar-refractivity contribution < 1.29 is 4.79 Å². The van der Waals surface area contributed by atoms with Gasteiger partial charge in [-0.05, 0) is 38.5 Å². The summed E-state index contributed by atoms with van der Waals surface area (Å²) < 4.78 is 0. The van der Waals surface area contributed by atoms with Crippen molar-refractivity contribution in [2.75, 3.05) is 18.8 Å². The second-order valence-electron chi connectivity index (χ2n) is 4.07. The number of pyridine rings is 1. The summed E-state index contributed by atoms with van der Waals surface area (Å²) in [4.78, 5) is 17.9. The smallest absolute Gasteiger partial charge is 0.232 e. The van der Waals surface area contributed by atoms with Crippen LogP contribution in [0.1, 0.15) is 32.4 Å². The number of hydrogen-bond acceptors (Lipinski definition) is 4. The topological polar surface area (TPSA) is 59.2 Å². The third-order valence-electron chi connectivity index (χ3n) is 2.74. The maximum Gasteiger partial charge on any atom is 0.232 e. The van der Waals surface area contributed by atoms with Crippen molar-refractivity contribution in [1.29, 1.82) is 0 Å². The van der Waals surface area contributed by atoms with Crippen LogP contribution >= 0.6 is 11.8 Å². The quantitative estimate of drug-likeness (QED) is 0.802.